The lowest BCUT2D eigenvalue weighted by Crippen LogP contribution is -2.52. The minimum atomic E-state index is -0.932. The van der Waals surface area contributed by atoms with Crippen molar-refractivity contribution in [1.29, 1.82) is 0 Å². The highest BCUT2D eigenvalue weighted by Gasteiger charge is 2.34. The fourth-order valence-corrected chi connectivity index (χ4v) is 3.12. The predicted octanol–water partition coefficient (Wildman–Crippen LogP) is 3.81. The van der Waals surface area contributed by atoms with Gasteiger partial charge in [0, 0.05) is 5.88 Å². The van der Waals surface area contributed by atoms with E-state index in [-0.39, 0.29) is 17.9 Å². The molecule has 21 heavy (non-hydrogen) atoms. The average molecular weight is 316 g/mol. The molecular formula is C16H20ClF2NO. The summed E-state index contributed by atoms with van der Waals surface area (Å²) in [6, 6.07) is 3.52. The smallest absolute Gasteiger partial charge is 0.224 e. The van der Waals surface area contributed by atoms with Crippen LogP contribution in [0.25, 0.3) is 0 Å². The van der Waals surface area contributed by atoms with Crippen LogP contribution in [-0.4, -0.2) is 17.3 Å². The maximum absolute atomic E-state index is 13.1. The van der Waals surface area contributed by atoms with E-state index in [1.54, 1.807) is 0 Å². The molecule has 0 unspecified atom stereocenters. The van der Waals surface area contributed by atoms with E-state index in [0.29, 0.717) is 17.4 Å². The van der Waals surface area contributed by atoms with Gasteiger partial charge in [0.2, 0.25) is 5.91 Å². The van der Waals surface area contributed by atoms with Crippen LogP contribution in [0.15, 0.2) is 18.2 Å². The van der Waals surface area contributed by atoms with E-state index in [1.807, 2.05) is 0 Å². The molecule has 0 aromatic heterocycles. The van der Waals surface area contributed by atoms with Gasteiger partial charge in [-0.2, -0.15) is 0 Å². The van der Waals surface area contributed by atoms with E-state index >= 15 is 0 Å². The number of hydrogen-bond donors (Lipinski definition) is 1. The van der Waals surface area contributed by atoms with Crippen LogP contribution in [-0.2, 0) is 11.2 Å². The van der Waals surface area contributed by atoms with Crippen molar-refractivity contribution in [3.05, 3.63) is 35.4 Å². The number of hydrogen-bond acceptors (Lipinski definition) is 1. The molecule has 0 heterocycles. The summed E-state index contributed by atoms with van der Waals surface area (Å²) in [6.45, 7) is 2.20. The third kappa shape index (κ3) is 4.16. The first kappa shape index (κ1) is 16.2. The Labute approximate surface area is 128 Å². The first-order valence-corrected chi connectivity index (χ1v) is 7.78. The van der Waals surface area contributed by atoms with Crippen molar-refractivity contribution in [3.8, 4) is 0 Å². The molecule has 2 rings (SSSR count). The Morgan fingerprint density at radius 1 is 1.33 bits per heavy atom. The summed E-state index contributed by atoms with van der Waals surface area (Å²) in [5.74, 6) is -0.999. The zero-order valence-electron chi connectivity index (χ0n) is 12.1. The van der Waals surface area contributed by atoms with E-state index in [1.165, 1.54) is 6.07 Å². The van der Waals surface area contributed by atoms with Crippen molar-refractivity contribution < 1.29 is 13.6 Å². The maximum Gasteiger partial charge on any atom is 0.224 e. The van der Waals surface area contributed by atoms with Crippen molar-refractivity contribution in [2.75, 3.05) is 5.88 Å². The van der Waals surface area contributed by atoms with Gasteiger partial charge < -0.3 is 5.32 Å². The number of rotatable bonds is 4. The summed E-state index contributed by atoms with van der Waals surface area (Å²) < 4.78 is 26.0. The highest BCUT2D eigenvalue weighted by atomic mass is 35.5. The molecule has 1 saturated carbocycles. The second-order valence-corrected chi connectivity index (χ2v) is 6.34. The van der Waals surface area contributed by atoms with Crippen molar-refractivity contribution in [2.45, 2.75) is 44.6 Å². The molecule has 1 amide bonds. The minimum Gasteiger partial charge on any atom is -0.349 e. The largest absolute Gasteiger partial charge is 0.349 e. The second-order valence-electron chi connectivity index (χ2n) is 6.07. The Hall–Kier alpha value is -1.16. The van der Waals surface area contributed by atoms with Crippen LogP contribution >= 0.6 is 11.6 Å². The molecule has 0 aliphatic heterocycles. The van der Waals surface area contributed by atoms with E-state index in [4.69, 9.17) is 11.6 Å². The normalized spacial score (nSPS) is 25.6. The Morgan fingerprint density at radius 3 is 2.57 bits per heavy atom. The summed E-state index contributed by atoms with van der Waals surface area (Å²) in [5.41, 5.74) is 0.101. The number of nitrogens with one attached hydrogen (secondary N) is 1. The standard InChI is InChI=1S/C16H20ClF2NO/c1-11-4-6-16(10-17,7-5-11)20-15(21)9-12-2-3-13(18)14(19)8-12/h2-3,8,11H,4-7,9-10H2,1H3,(H,20,21). The highest BCUT2D eigenvalue weighted by molar-refractivity contribution is 6.18. The molecule has 1 aliphatic carbocycles. The highest BCUT2D eigenvalue weighted by Crippen LogP contribution is 2.32. The van der Waals surface area contributed by atoms with Gasteiger partial charge in [0.05, 0.1) is 12.0 Å². The van der Waals surface area contributed by atoms with E-state index in [0.717, 1.165) is 37.8 Å². The van der Waals surface area contributed by atoms with Crippen LogP contribution in [0.1, 0.15) is 38.2 Å². The molecule has 1 fully saturated rings. The zero-order valence-corrected chi connectivity index (χ0v) is 12.9. The lowest BCUT2D eigenvalue weighted by molar-refractivity contribution is -0.122. The molecular weight excluding hydrogens is 296 g/mol. The summed E-state index contributed by atoms with van der Waals surface area (Å²) in [5, 5.41) is 3.00. The van der Waals surface area contributed by atoms with Gasteiger partial charge in [-0.1, -0.05) is 13.0 Å². The lowest BCUT2D eigenvalue weighted by Gasteiger charge is -2.38. The fourth-order valence-electron chi connectivity index (χ4n) is 2.78. The maximum atomic E-state index is 13.1. The SMILES string of the molecule is CC1CCC(CCl)(NC(=O)Cc2ccc(F)c(F)c2)CC1. The Morgan fingerprint density at radius 2 is 2.00 bits per heavy atom. The molecule has 0 spiro atoms. The second kappa shape index (κ2) is 6.73. The molecule has 0 radical (unpaired) electrons. The molecule has 5 heteroatoms. The zero-order chi connectivity index (χ0) is 15.5. The van der Waals surface area contributed by atoms with Crippen molar-refractivity contribution in [2.24, 2.45) is 5.92 Å². The number of halogens is 3. The molecule has 1 aromatic carbocycles. The first-order valence-electron chi connectivity index (χ1n) is 7.25. The molecule has 2 nitrogen and oxygen atoms in total. The van der Waals surface area contributed by atoms with Crippen LogP contribution in [0.4, 0.5) is 8.78 Å². The third-order valence-corrected chi connectivity index (χ3v) is 4.75. The number of alkyl halides is 1. The first-order chi connectivity index (χ1) is 9.94. The predicted molar refractivity (Wildman–Crippen MR) is 79.3 cm³/mol. The Bertz CT molecular complexity index is 513. The van der Waals surface area contributed by atoms with E-state index in [9.17, 15) is 13.6 Å². The van der Waals surface area contributed by atoms with Crippen molar-refractivity contribution in [3.63, 3.8) is 0 Å². The third-order valence-electron chi connectivity index (χ3n) is 4.24. The average Bonchev–Trinajstić information content (AvgIpc) is 2.46. The molecule has 0 saturated heterocycles. The number of amides is 1. The molecule has 0 bridgehead atoms. The van der Waals surface area contributed by atoms with Crippen LogP contribution < -0.4 is 5.32 Å². The van der Waals surface area contributed by atoms with Crippen LogP contribution in [0.5, 0.6) is 0 Å². The molecule has 1 aliphatic rings. The lowest BCUT2D eigenvalue weighted by atomic mass is 9.78. The fraction of sp³-hybridized carbons (Fsp3) is 0.562. The van der Waals surface area contributed by atoms with Crippen molar-refractivity contribution in [1.82, 2.24) is 5.32 Å². The summed E-state index contributed by atoms with van der Waals surface area (Å²) in [6.07, 6.45) is 3.84. The van der Waals surface area contributed by atoms with Gasteiger partial charge in [-0.15, -0.1) is 11.6 Å². The molecule has 0 atom stereocenters. The van der Waals surface area contributed by atoms with Gasteiger partial charge in [-0.05, 0) is 49.3 Å². The summed E-state index contributed by atoms with van der Waals surface area (Å²) >= 11 is 6.05. The Balaban J connectivity index is 1.98. The van der Waals surface area contributed by atoms with E-state index in [2.05, 4.69) is 12.2 Å². The number of carbonyl (C=O) groups excluding carboxylic acids is 1. The number of carbonyl (C=O) groups is 1. The molecule has 116 valence electrons. The summed E-state index contributed by atoms with van der Waals surface area (Å²) in [4.78, 5) is 12.1. The van der Waals surface area contributed by atoms with Gasteiger partial charge in [0.1, 0.15) is 0 Å². The van der Waals surface area contributed by atoms with Gasteiger partial charge in [0.15, 0.2) is 11.6 Å². The topological polar surface area (TPSA) is 29.1 Å². The number of benzene rings is 1. The van der Waals surface area contributed by atoms with Crippen LogP contribution in [0.2, 0.25) is 0 Å². The monoisotopic (exact) mass is 315 g/mol. The van der Waals surface area contributed by atoms with Crippen LogP contribution in [0.3, 0.4) is 0 Å². The quantitative estimate of drug-likeness (QED) is 0.841. The van der Waals surface area contributed by atoms with Gasteiger partial charge in [-0.3, -0.25) is 4.79 Å². The summed E-state index contributed by atoms with van der Waals surface area (Å²) in [7, 11) is 0. The van der Waals surface area contributed by atoms with Crippen molar-refractivity contribution >= 4 is 17.5 Å². The molecule has 1 N–H and O–H groups in total. The molecule has 1 aromatic rings. The van der Waals surface area contributed by atoms with E-state index < -0.39 is 11.6 Å². The van der Waals surface area contributed by atoms with Crippen LogP contribution in [0, 0.1) is 17.6 Å². The Kier molecular flexibility index (Phi) is 5.20. The van der Waals surface area contributed by atoms with Gasteiger partial charge in [-0.25, -0.2) is 8.78 Å². The van der Waals surface area contributed by atoms with Gasteiger partial charge >= 0.3 is 0 Å². The minimum absolute atomic E-state index is 0.0331. The van der Waals surface area contributed by atoms with Gasteiger partial charge in [0.25, 0.3) is 0 Å².